The van der Waals surface area contributed by atoms with E-state index in [0.29, 0.717) is 5.82 Å². The molecule has 0 aliphatic carbocycles. The monoisotopic (exact) mass is 473 g/mol. The molecule has 1 fully saturated rings. The number of morpholine rings is 1. The molecule has 0 bridgehead atoms. The summed E-state index contributed by atoms with van der Waals surface area (Å²) in [6.45, 7) is 0.221. The van der Waals surface area contributed by atoms with Crippen LogP contribution in [-0.4, -0.2) is 62.5 Å². The molecule has 0 atom stereocenters. The molecule has 0 saturated carbocycles. The minimum atomic E-state index is -3.97. The van der Waals surface area contributed by atoms with E-state index in [1.54, 1.807) is 18.2 Å². The highest BCUT2D eigenvalue weighted by molar-refractivity contribution is 7.89. The largest absolute Gasteiger partial charge is 0.452 e. The number of anilines is 1. The van der Waals surface area contributed by atoms with Crippen molar-refractivity contribution < 1.29 is 27.5 Å². The van der Waals surface area contributed by atoms with Gasteiger partial charge >= 0.3 is 5.97 Å². The number of carbonyl (C=O) groups is 2. The van der Waals surface area contributed by atoms with Crippen molar-refractivity contribution in [2.75, 3.05) is 38.2 Å². The standard InChI is InChI=1S/C18H17Cl2N3O6S/c19-13-10-14(20)15(30(26,27)23-5-7-28-8-6-23)9-12(13)18(25)29-11-17(24)22-16-3-1-2-4-21-16/h1-4,9-10H,5-8,11H2,(H,21,22,24). The van der Waals surface area contributed by atoms with E-state index in [0.717, 1.165) is 12.1 Å². The SMILES string of the molecule is O=C(COC(=O)c1cc(S(=O)(=O)N2CCOCC2)c(Cl)cc1Cl)Nc1ccccn1. The third kappa shape index (κ3) is 5.27. The van der Waals surface area contributed by atoms with Gasteiger partial charge < -0.3 is 14.8 Å². The second kappa shape index (κ2) is 9.71. The van der Waals surface area contributed by atoms with Crippen molar-refractivity contribution in [3.8, 4) is 0 Å². The summed E-state index contributed by atoms with van der Waals surface area (Å²) in [4.78, 5) is 28.0. The van der Waals surface area contributed by atoms with E-state index in [2.05, 4.69) is 10.3 Å². The van der Waals surface area contributed by atoms with Crippen LogP contribution in [0.15, 0.2) is 41.4 Å². The van der Waals surface area contributed by atoms with Gasteiger partial charge in [0.1, 0.15) is 10.7 Å². The lowest BCUT2D eigenvalue weighted by Crippen LogP contribution is -2.40. The lowest BCUT2D eigenvalue weighted by molar-refractivity contribution is -0.119. The number of nitrogens with zero attached hydrogens (tertiary/aromatic N) is 2. The van der Waals surface area contributed by atoms with Crippen molar-refractivity contribution in [1.82, 2.24) is 9.29 Å². The maximum atomic E-state index is 12.9. The molecule has 1 amide bonds. The van der Waals surface area contributed by atoms with Crippen LogP contribution in [-0.2, 0) is 24.3 Å². The van der Waals surface area contributed by atoms with Gasteiger partial charge in [-0.3, -0.25) is 4.79 Å². The smallest absolute Gasteiger partial charge is 0.340 e. The molecule has 0 unspecified atom stereocenters. The Morgan fingerprint density at radius 2 is 1.90 bits per heavy atom. The van der Waals surface area contributed by atoms with Crippen LogP contribution in [0, 0.1) is 0 Å². The summed E-state index contributed by atoms with van der Waals surface area (Å²) >= 11 is 12.1. The molecule has 9 nitrogen and oxygen atoms in total. The number of carbonyl (C=O) groups excluding carboxylic acids is 2. The van der Waals surface area contributed by atoms with Gasteiger partial charge in [0.05, 0.1) is 28.8 Å². The summed E-state index contributed by atoms with van der Waals surface area (Å²) in [6.07, 6.45) is 1.49. The van der Waals surface area contributed by atoms with Gasteiger partial charge in [-0.15, -0.1) is 0 Å². The quantitative estimate of drug-likeness (QED) is 0.639. The molecular weight excluding hydrogens is 457 g/mol. The molecule has 1 aromatic carbocycles. The summed E-state index contributed by atoms with van der Waals surface area (Å²) in [5.41, 5.74) is -0.224. The molecule has 2 aromatic rings. The Balaban J connectivity index is 1.74. The van der Waals surface area contributed by atoms with Gasteiger partial charge in [0.15, 0.2) is 6.61 Å². The van der Waals surface area contributed by atoms with Crippen LogP contribution in [0.2, 0.25) is 10.0 Å². The summed E-state index contributed by atoms with van der Waals surface area (Å²) in [5, 5.41) is 2.23. The number of esters is 1. The van der Waals surface area contributed by atoms with Crippen molar-refractivity contribution >= 4 is 50.9 Å². The number of aromatic nitrogens is 1. The molecule has 1 aliphatic rings. The Morgan fingerprint density at radius 3 is 2.57 bits per heavy atom. The first kappa shape index (κ1) is 22.4. The number of benzene rings is 1. The Bertz CT molecular complexity index is 1040. The summed E-state index contributed by atoms with van der Waals surface area (Å²) in [7, 11) is -3.97. The van der Waals surface area contributed by atoms with Gasteiger partial charge in [0.2, 0.25) is 10.0 Å². The topological polar surface area (TPSA) is 115 Å². The lowest BCUT2D eigenvalue weighted by atomic mass is 10.2. The molecule has 3 rings (SSSR count). The van der Waals surface area contributed by atoms with Crippen LogP contribution in [0.3, 0.4) is 0 Å². The van der Waals surface area contributed by atoms with Crippen LogP contribution in [0.4, 0.5) is 5.82 Å². The van der Waals surface area contributed by atoms with Gasteiger partial charge in [0.25, 0.3) is 5.91 Å². The van der Waals surface area contributed by atoms with E-state index in [4.69, 9.17) is 32.7 Å². The Kier molecular flexibility index (Phi) is 7.27. The Hall–Kier alpha value is -2.24. The third-order valence-electron chi connectivity index (χ3n) is 4.10. The molecule has 30 heavy (non-hydrogen) atoms. The van der Waals surface area contributed by atoms with Crippen LogP contribution in [0.5, 0.6) is 0 Å². The number of nitrogens with one attached hydrogen (secondary N) is 1. The second-order valence-corrected chi connectivity index (χ2v) is 8.84. The van der Waals surface area contributed by atoms with Crippen LogP contribution < -0.4 is 5.32 Å². The van der Waals surface area contributed by atoms with Gasteiger partial charge in [-0.2, -0.15) is 4.31 Å². The third-order valence-corrected chi connectivity index (χ3v) is 6.77. The van der Waals surface area contributed by atoms with E-state index < -0.39 is 28.5 Å². The van der Waals surface area contributed by atoms with Gasteiger partial charge in [-0.1, -0.05) is 29.3 Å². The number of halogens is 2. The first-order chi connectivity index (χ1) is 14.3. The fourth-order valence-corrected chi connectivity index (χ4v) is 4.87. The highest BCUT2D eigenvalue weighted by Gasteiger charge is 2.30. The van der Waals surface area contributed by atoms with E-state index in [1.807, 2.05) is 0 Å². The van der Waals surface area contributed by atoms with E-state index in [9.17, 15) is 18.0 Å². The Morgan fingerprint density at radius 1 is 1.17 bits per heavy atom. The van der Waals surface area contributed by atoms with Crippen molar-refractivity contribution in [3.63, 3.8) is 0 Å². The number of ether oxygens (including phenoxy) is 2. The van der Waals surface area contributed by atoms with Crippen LogP contribution in [0.25, 0.3) is 0 Å². The Labute approximate surface area is 182 Å². The second-order valence-electron chi connectivity index (χ2n) is 6.12. The average Bonchev–Trinajstić information content (AvgIpc) is 2.73. The molecule has 0 radical (unpaired) electrons. The molecular formula is C18H17Cl2N3O6S. The first-order valence-corrected chi connectivity index (χ1v) is 10.9. The molecule has 12 heteroatoms. The van der Waals surface area contributed by atoms with Crippen molar-refractivity contribution in [3.05, 3.63) is 52.1 Å². The number of rotatable bonds is 6. The zero-order chi connectivity index (χ0) is 21.7. The molecule has 160 valence electrons. The summed E-state index contributed by atoms with van der Waals surface area (Å²) < 4.78 is 37.1. The minimum Gasteiger partial charge on any atom is -0.452 e. The fraction of sp³-hybridized carbons (Fsp3) is 0.278. The fourth-order valence-electron chi connectivity index (χ4n) is 2.63. The molecule has 2 heterocycles. The zero-order valence-electron chi connectivity index (χ0n) is 15.5. The summed E-state index contributed by atoms with van der Waals surface area (Å²) in [5.74, 6) is -1.29. The number of sulfonamides is 1. The van der Waals surface area contributed by atoms with Crippen LogP contribution in [0.1, 0.15) is 10.4 Å². The highest BCUT2D eigenvalue weighted by Crippen LogP contribution is 2.31. The zero-order valence-corrected chi connectivity index (χ0v) is 17.8. The summed E-state index contributed by atoms with van der Waals surface area (Å²) in [6, 6.07) is 7.13. The molecule has 1 N–H and O–H groups in total. The van der Waals surface area contributed by atoms with Crippen molar-refractivity contribution in [2.24, 2.45) is 0 Å². The van der Waals surface area contributed by atoms with E-state index in [-0.39, 0.29) is 46.8 Å². The number of hydrogen-bond acceptors (Lipinski definition) is 7. The predicted molar refractivity (Wildman–Crippen MR) is 109 cm³/mol. The van der Waals surface area contributed by atoms with Crippen molar-refractivity contribution in [1.29, 1.82) is 0 Å². The van der Waals surface area contributed by atoms with Crippen molar-refractivity contribution in [2.45, 2.75) is 4.90 Å². The number of pyridine rings is 1. The lowest BCUT2D eigenvalue weighted by Gasteiger charge is -2.26. The van der Waals surface area contributed by atoms with E-state index in [1.165, 1.54) is 10.5 Å². The number of hydrogen-bond donors (Lipinski definition) is 1. The highest BCUT2D eigenvalue weighted by atomic mass is 35.5. The molecule has 1 aromatic heterocycles. The van der Waals surface area contributed by atoms with Gasteiger partial charge in [-0.25, -0.2) is 18.2 Å². The maximum absolute atomic E-state index is 12.9. The maximum Gasteiger partial charge on any atom is 0.340 e. The molecule has 1 aliphatic heterocycles. The number of amides is 1. The van der Waals surface area contributed by atoms with E-state index >= 15 is 0 Å². The van der Waals surface area contributed by atoms with Gasteiger partial charge in [-0.05, 0) is 24.3 Å². The van der Waals surface area contributed by atoms with Gasteiger partial charge in [0, 0.05) is 19.3 Å². The first-order valence-electron chi connectivity index (χ1n) is 8.74. The van der Waals surface area contributed by atoms with Crippen LogP contribution >= 0.6 is 23.2 Å². The average molecular weight is 474 g/mol. The minimum absolute atomic E-state index is 0.101. The molecule has 1 saturated heterocycles. The predicted octanol–water partition coefficient (Wildman–Crippen LogP) is 2.20. The normalized spacial score (nSPS) is 14.9. The molecule has 0 spiro atoms.